The smallest absolute Gasteiger partial charge is 0.355 e. The third-order valence-corrected chi connectivity index (χ3v) is 11.6. The lowest BCUT2D eigenvalue weighted by Crippen LogP contribution is -2.35. The van der Waals surface area contributed by atoms with Crippen LogP contribution in [0.5, 0.6) is 0 Å². The number of methoxy groups -OCH3 is 1. The third-order valence-electron chi connectivity index (χ3n) is 7.32. The Morgan fingerprint density at radius 1 is 0.822 bits per heavy atom. The number of carbonyl (C=O) groups is 3. The van der Waals surface area contributed by atoms with Crippen LogP contribution in [0.3, 0.4) is 0 Å². The van der Waals surface area contributed by atoms with Gasteiger partial charge in [0.25, 0.3) is 0 Å². The number of ether oxygens (including phenoxy) is 3. The normalized spacial score (nSPS) is 11.4. The molecule has 4 rings (SSSR count). The Balaban J connectivity index is 2.24. The fraction of sp³-hybridized carbons (Fsp3) is 0.243. The molecule has 45 heavy (non-hydrogen) atoms. The Morgan fingerprint density at radius 3 is 1.73 bits per heavy atom. The highest BCUT2D eigenvalue weighted by molar-refractivity contribution is 7.96. The van der Waals surface area contributed by atoms with E-state index in [4.69, 9.17) is 14.2 Å². The van der Waals surface area contributed by atoms with Crippen molar-refractivity contribution in [3.8, 4) is 0 Å². The Hall–Kier alpha value is -4.61. The molecule has 0 aliphatic heterocycles. The van der Waals surface area contributed by atoms with E-state index in [1.54, 1.807) is 20.8 Å². The highest BCUT2D eigenvalue weighted by atomic mass is 31.2. The maximum atomic E-state index is 14.6. The Labute approximate surface area is 265 Å². The molecule has 3 aromatic carbocycles. The number of esters is 3. The van der Waals surface area contributed by atoms with E-state index >= 15 is 0 Å². The maximum absolute atomic E-state index is 14.6. The van der Waals surface area contributed by atoms with E-state index in [0.29, 0.717) is 22.1 Å². The number of aromatic nitrogens is 1. The summed E-state index contributed by atoms with van der Waals surface area (Å²) in [4.78, 5) is 43.8. The molecule has 0 radical (unpaired) electrons. The van der Waals surface area contributed by atoms with Crippen molar-refractivity contribution in [2.75, 3.05) is 13.7 Å². The lowest BCUT2D eigenvalue weighted by Gasteiger charge is -2.32. The van der Waals surface area contributed by atoms with Crippen molar-refractivity contribution in [3.05, 3.63) is 126 Å². The Kier molecular flexibility index (Phi) is 10.7. The van der Waals surface area contributed by atoms with Crippen molar-refractivity contribution < 1.29 is 28.6 Å². The molecule has 0 atom stereocenters. The molecular formula is C37H40NO6P. The highest BCUT2D eigenvalue weighted by Gasteiger charge is 2.38. The minimum atomic E-state index is -3.00. The number of hydrogen-bond acceptors (Lipinski definition) is 6. The van der Waals surface area contributed by atoms with Gasteiger partial charge in [0.15, 0.2) is 0 Å². The zero-order valence-electron chi connectivity index (χ0n) is 26.5. The van der Waals surface area contributed by atoms with Crippen molar-refractivity contribution in [3.63, 3.8) is 0 Å². The van der Waals surface area contributed by atoms with Gasteiger partial charge in [0.1, 0.15) is 17.9 Å². The highest BCUT2D eigenvalue weighted by Crippen LogP contribution is 2.48. The quantitative estimate of drug-likeness (QED) is 0.101. The Bertz CT molecular complexity index is 1610. The van der Waals surface area contributed by atoms with Crippen LogP contribution in [0, 0.1) is 6.92 Å². The molecule has 234 valence electrons. The van der Waals surface area contributed by atoms with E-state index in [0.717, 1.165) is 15.9 Å². The zero-order chi connectivity index (χ0) is 32.6. The van der Waals surface area contributed by atoms with Gasteiger partial charge in [-0.3, -0.25) is 4.79 Å². The molecule has 0 aliphatic carbocycles. The predicted molar refractivity (Wildman–Crippen MR) is 181 cm³/mol. The molecule has 0 aliphatic rings. The summed E-state index contributed by atoms with van der Waals surface area (Å²) in [7, 11) is 1.33. The van der Waals surface area contributed by atoms with Crippen molar-refractivity contribution in [2.45, 2.75) is 46.1 Å². The van der Waals surface area contributed by atoms with Crippen LogP contribution in [-0.4, -0.2) is 47.5 Å². The standard InChI is InChI=1S/C37H40NO6P/c1-7-25-43-36(41)34(32-26(2)30(23-24-31(39)42-6)33(38-32)35(40)44-37(3,4)5)45(27-17-11-8-12-18-27,28-19-13-9-14-20-28)29-21-15-10-16-22-29/h7-22,38H,1,23-25H2,2-6H3. The lowest BCUT2D eigenvalue weighted by atomic mass is 10.0. The van der Waals surface area contributed by atoms with Gasteiger partial charge in [-0.2, -0.15) is 0 Å². The monoisotopic (exact) mass is 625 g/mol. The van der Waals surface area contributed by atoms with Crippen molar-refractivity contribution in [1.29, 1.82) is 0 Å². The first-order chi connectivity index (χ1) is 21.5. The fourth-order valence-corrected chi connectivity index (χ4v) is 9.84. The first kappa shape index (κ1) is 33.3. The minimum absolute atomic E-state index is 0.00538. The summed E-state index contributed by atoms with van der Waals surface area (Å²) in [6.45, 7) is 7.97. The van der Waals surface area contributed by atoms with Crippen LogP contribution in [0.1, 0.15) is 54.5 Å². The molecule has 0 fully saturated rings. The molecule has 0 saturated heterocycles. The van der Waals surface area contributed by atoms with Gasteiger partial charge in [-0.05, 0) is 68.0 Å². The van der Waals surface area contributed by atoms with Crippen LogP contribution in [0.4, 0.5) is 0 Å². The van der Waals surface area contributed by atoms with E-state index in [1.807, 2.05) is 97.9 Å². The molecule has 0 unspecified atom stereocenters. The molecule has 1 aromatic heterocycles. The first-order valence-corrected chi connectivity index (χ1v) is 16.6. The van der Waals surface area contributed by atoms with Crippen molar-refractivity contribution >= 4 is 46.0 Å². The third kappa shape index (κ3) is 7.21. The summed E-state index contributed by atoms with van der Waals surface area (Å²) < 4.78 is 16.6. The van der Waals surface area contributed by atoms with Gasteiger partial charge >= 0.3 is 17.9 Å². The van der Waals surface area contributed by atoms with Crippen molar-refractivity contribution in [1.82, 2.24) is 4.98 Å². The molecule has 1 heterocycles. The molecule has 0 saturated carbocycles. The number of aromatic amines is 1. The van der Waals surface area contributed by atoms with Crippen LogP contribution in [-0.2, 0) is 30.2 Å². The van der Waals surface area contributed by atoms with Crippen LogP contribution < -0.4 is 15.9 Å². The molecule has 4 aromatic rings. The molecule has 0 amide bonds. The number of nitrogens with one attached hydrogen (secondary N) is 1. The zero-order valence-corrected chi connectivity index (χ0v) is 27.4. The average molecular weight is 626 g/mol. The van der Waals surface area contributed by atoms with Gasteiger partial charge in [-0.25, -0.2) is 9.59 Å². The first-order valence-electron chi connectivity index (χ1n) is 14.8. The largest absolute Gasteiger partial charge is 0.469 e. The summed E-state index contributed by atoms with van der Waals surface area (Å²) in [5.41, 5.74) is 1.08. The maximum Gasteiger partial charge on any atom is 0.355 e. The van der Waals surface area contributed by atoms with Gasteiger partial charge in [0, 0.05) is 6.42 Å². The SMILES string of the molecule is C=CCOC(=O)C(c1[nH]c(C(=O)OC(C)(C)C)c(CCC(=O)OC)c1C)=P(c1ccccc1)(c1ccccc1)c1ccccc1. The topological polar surface area (TPSA) is 94.7 Å². The molecule has 8 heteroatoms. The van der Waals surface area contributed by atoms with E-state index in [1.165, 1.54) is 13.2 Å². The van der Waals surface area contributed by atoms with E-state index in [-0.39, 0.29) is 25.1 Å². The van der Waals surface area contributed by atoms with E-state index < -0.39 is 30.4 Å². The van der Waals surface area contributed by atoms with Crippen molar-refractivity contribution in [2.24, 2.45) is 0 Å². The lowest BCUT2D eigenvalue weighted by molar-refractivity contribution is -0.140. The van der Waals surface area contributed by atoms with Crippen LogP contribution in [0.15, 0.2) is 104 Å². The van der Waals surface area contributed by atoms with E-state index in [2.05, 4.69) is 11.6 Å². The van der Waals surface area contributed by atoms with Gasteiger partial charge in [-0.1, -0.05) is 104 Å². The number of rotatable bonds is 11. The fourth-order valence-electron chi connectivity index (χ4n) is 5.41. The van der Waals surface area contributed by atoms with Gasteiger partial charge in [0.2, 0.25) is 0 Å². The number of benzene rings is 3. The molecule has 0 spiro atoms. The summed E-state index contributed by atoms with van der Waals surface area (Å²) in [6.07, 6.45) is 1.77. The van der Waals surface area contributed by atoms with Crippen LogP contribution in [0.25, 0.3) is 0 Å². The second-order valence-corrected chi connectivity index (χ2v) is 14.8. The molecule has 0 bridgehead atoms. The van der Waals surface area contributed by atoms with Gasteiger partial charge < -0.3 is 19.2 Å². The summed E-state index contributed by atoms with van der Waals surface area (Å²) in [5.74, 6) is -1.54. The summed E-state index contributed by atoms with van der Waals surface area (Å²) in [5, 5.41) is 3.17. The number of H-pyrrole nitrogens is 1. The Morgan fingerprint density at radius 2 is 1.31 bits per heavy atom. The number of hydrogen-bond donors (Lipinski definition) is 1. The number of carbonyl (C=O) groups excluding carboxylic acids is 3. The molecular weight excluding hydrogens is 585 g/mol. The average Bonchev–Trinajstić information content (AvgIpc) is 3.36. The van der Waals surface area contributed by atoms with E-state index in [9.17, 15) is 14.4 Å². The summed E-state index contributed by atoms with van der Waals surface area (Å²) >= 11 is 0. The molecule has 1 N–H and O–H groups in total. The predicted octanol–water partition coefficient (Wildman–Crippen LogP) is 5.63. The second kappa shape index (κ2) is 14.4. The molecule has 7 nitrogen and oxygen atoms in total. The van der Waals surface area contributed by atoms with Crippen LogP contribution in [0.2, 0.25) is 0 Å². The second-order valence-electron chi connectivity index (χ2n) is 11.5. The van der Waals surface area contributed by atoms with Gasteiger partial charge in [-0.15, -0.1) is 0 Å². The summed E-state index contributed by atoms with van der Waals surface area (Å²) in [6, 6.07) is 29.7. The van der Waals surface area contributed by atoms with Crippen LogP contribution >= 0.6 is 6.89 Å². The van der Waals surface area contributed by atoms with Gasteiger partial charge in [0.05, 0.1) is 18.1 Å². The minimum Gasteiger partial charge on any atom is -0.469 e.